The van der Waals surface area contributed by atoms with E-state index in [0.717, 1.165) is 10.9 Å². The van der Waals surface area contributed by atoms with Gasteiger partial charge >= 0.3 is 6.36 Å². The Balaban J connectivity index is 2.07. The molecule has 3 heterocycles. The first-order chi connectivity index (χ1) is 11.2. The quantitative estimate of drug-likeness (QED) is 0.687. The number of aryl methyl sites for hydroxylation is 1. The molecule has 0 aromatic carbocycles. The van der Waals surface area contributed by atoms with Gasteiger partial charge in [-0.1, -0.05) is 0 Å². The molecule has 3 rings (SSSR count). The normalized spacial score (nSPS) is 27.9. The SMILES string of the molecule is Cc1nc2c(ncn2[C@@H]2O[C@H](CO)[C@H](O)C2OC(F)(F)F)c(=O)[nH]1. The molecule has 9 nitrogen and oxygen atoms in total. The second-order valence-electron chi connectivity index (χ2n) is 5.24. The number of nitrogens with one attached hydrogen (secondary N) is 1. The average Bonchev–Trinajstić information content (AvgIpc) is 3.00. The summed E-state index contributed by atoms with van der Waals surface area (Å²) in [5.41, 5.74) is -0.693. The van der Waals surface area contributed by atoms with Crippen molar-refractivity contribution >= 4 is 11.2 Å². The Bertz CT molecular complexity index is 804. The molecule has 1 saturated heterocycles. The Hall–Kier alpha value is -2.02. The third-order valence-electron chi connectivity index (χ3n) is 3.59. The molecule has 1 fully saturated rings. The van der Waals surface area contributed by atoms with E-state index in [1.807, 2.05) is 0 Å². The van der Waals surface area contributed by atoms with Crippen LogP contribution in [0.2, 0.25) is 0 Å². The molecule has 132 valence electrons. The zero-order valence-electron chi connectivity index (χ0n) is 12.2. The van der Waals surface area contributed by atoms with Crippen LogP contribution in [0.25, 0.3) is 11.2 Å². The maximum atomic E-state index is 12.6. The van der Waals surface area contributed by atoms with Crippen molar-refractivity contribution in [3.8, 4) is 0 Å². The van der Waals surface area contributed by atoms with Crippen LogP contribution in [0.15, 0.2) is 11.1 Å². The molecule has 0 aliphatic carbocycles. The smallest absolute Gasteiger partial charge is 0.394 e. The Morgan fingerprint density at radius 2 is 2.21 bits per heavy atom. The number of aliphatic hydroxyl groups excluding tert-OH is 2. The van der Waals surface area contributed by atoms with Gasteiger partial charge in [-0.3, -0.25) is 14.1 Å². The average molecular weight is 350 g/mol. The predicted octanol–water partition coefficient (Wildman–Crippen LogP) is -0.416. The first-order valence-corrected chi connectivity index (χ1v) is 6.83. The molecule has 0 saturated carbocycles. The van der Waals surface area contributed by atoms with Crippen LogP contribution in [0.1, 0.15) is 12.1 Å². The number of hydrogen-bond acceptors (Lipinski definition) is 7. The minimum absolute atomic E-state index is 0.0252. The van der Waals surface area contributed by atoms with E-state index >= 15 is 0 Å². The fourth-order valence-corrected chi connectivity index (χ4v) is 2.60. The fraction of sp³-hybridized carbons (Fsp3) is 0.583. The van der Waals surface area contributed by atoms with Crippen molar-refractivity contribution in [3.05, 3.63) is 22.5 Å². The van der Waals surface area contributed by atoms with Gasteiger partial charge in [0.2, 0.25) is 0 Å². The number of H-pyrrole nitrogens is 1. The maximum Gasteiger partial charge on any atom is 0.523 e. The summed E-state index contributed by atoms with van der Waals surface area (Å²) in [6.07, 6.45) is -10.3. The zero-order chi connectivity index (χ0) is 17.6. The van der Waals surface area contributed by atoms with Gasteiger partial charge in [0.05, 0.1) is 12.9 Å². The molecular weight excluding hydrogens is 337 g/mol. The lowest BCUT2D eigenvalue weighted by Gasteiger charge is -2.22. The van der Waals surface area contributed by atoms with Gasteiger partial charge in [0.15, 0.2) is 17.4 Å². The highest BCUT2D eigenvalue weighted by molar-refractivity contribution is 5.69. The summed E-state index contributed by atoms with van der Waals surface area (Å²) in [6, 6.07) is 0. The first kappa shape index (κ1) is 16.8. The number of alkyl halides is 3. The number of halogens is 3. The molecule has 12 heteroatoms. The van der Waals surface area contributed by atoms with E-state index < -0.39 is 43.1 Å². The van der Waals surface area contributed by atoms with Crippen molar-refractivity contribution in [2.75, 3.05) is 6.61 Å². The summed E-state index contributed by atoms with van der Waals surface area (Å²) in [4.78, 5) is 22.1. The summed E-state index contributed by atoms with van der Waals surface area (Å²) in [5, 5.41) is 19.1. The summed E-state index contributed by atoms with van der Waals surface area (Å²) >= 11 is 0. The largest absolute Gasteiger partial charge is 0.523 e. The number of rotatable bonds is 3. The van der Waals surface area contributed by atoms with Crippen LogP contribution in [0.4, 0.5) is 13.2 Å². The predicted molar refractivity (Wildman–Crippen MR) is 70.8 cm³/mol. The van der Waals surface area contributed by atoms with Gasteiger partial charge in [0.1, 0.15) is 24.1 Å². The Labute approximate surface area is 131 Å². The molecule has 0 amide bonds. The highest BCUT2D eigenvalue weighted by Gasteiger charge is 2.50. The number of hydrogen-bond donors (Lipinski definition) is 3. The summed E-state index contributed by atoms with van der Waals surface area (Å²) in [7, 11) is 0. The molecule has 2 aromatic rings. The molecule has 1 aliphatic rings. The highest BCUT2D eigenvalue weighted by Crippen LogP contribution is 2.36. The zero-order valence-corrected chi connectivity index (χ0v) is 12.2. The lowest BCUT2D eigenvalue weighted by atomic mass is 10.1. The second kappa shape index (κ2) is 5.81. The van der Waals surface area contributed by atoms with Crippen molar-refractivity contribution in [2.45, 2.75) is 37.8 Å². The van der Waals surface area contributed by atoms with Crippen LogP contribution in [0, 0.1) is 6.92 Å². The minimum Gasteiger partial charge on any atom is -0.394 e. The van der Waals surface area contributed by atoms with Crippen molar-refractivity contribution in [1.82, 2.24) is 19.5 Å². The van der Waals surface area contributed by atoms with Gasteiger partial charge in [-0.15, -0.1) is 13.2 Å². The van der Waals surface area contributed by atoms with Crippen molar-refractivity contribution in [1.29, 1.82) is 0 Å². The third-order valence-corrected chi connectivity index (χ3v) is 3.59. The molecule has 0 spiro atoms. The van der Waals surface area contributed by atoms with E-state index in [0.29, 0.717) is 0 Å². The van der Waals surface area contributed by atoms with Gasteiger partial charge in [-0.05, 0) is 6.92 Å². The molecule has 3 N–H and O–H groups in total. The maximum absolute atomic E-state index is 12.6. The lowest BCUT2D eigenvalue weighted by Crippen LogP contribution is -2.39. The molecule has 0 radical (unpaired) electrons. The van der Waals surface area contributed by atoms with Gasteiger partial charge in [0, 0.05) is 0 Å². The summed E-state index contributed by atoms with van der Waals surface area (Å²) in [5.74, 6) is 0.222. The van der Waals surface area contributed by atoms with Crippen molar-refractivity contribution in [3.63, 3.8) is 0 Å². The fourth-order valence-electron chi connectivity index (χ4n) is 2.60. The van der Waals surface area contributed by atoms with E-state index in [-0.39, 0.29) is 17.0 Å². The molecule has 24 heavy (non-hydrogen) atoms. The van der Waals surface area contributed by atoms with E-state index in [1.54, 1.807) is 0 Å². The number of aromatic amines is 1. The number of aromatic nitrogens is 4. The van der Waals surface area contributed by atoms with Crippen molar-refractivity contribution in [2.24, 2.45) is 0 Å². The van der Waals surface area contributed by atoms with E-state index in [1.165, 1.54) is 6.92 Å². The molecular formula is C12H13F3N4O5. The van der Waals surface area contributed by atoms with Crippen LogP contribution < -0.4 is 5.56 Å². The molecule has 0 bridgehead atoms. The second-order valence-corrected chi connectivity index (χ2v) is 5.24. The number of ether oxygens (including phenoxy) is 2. The van der Waals surface area contributed by atoms with Crippen LogP contribution in [0.5, 0.6) is 0 Å². The standard InChI is InChI=1S/C12H13F3N4O5/c1-4-17-9-6(10(22)18-4)16-3-19(9)11-8(24-12(13,14)15)7(21)5(2-20)23-11/h3,5,7-8,11,20-21H,2H2,1H3,(H,17,18,22)/t5-,7+,8?,11-/m1/s1. The molecule has 1 aliphatic heterocycles. The topological polar surface area (TPSA) is 122 Å². The van der Waals surface area contributed by atoms with E-state index in [4.69, 9.17) is 9.84 Å². The monoisotopic (exact) mass is 350 g/mol. The van der Waals surface area contributed by atoms with Gasteiger partial charge in [0.25, 0.3) is 5.56 Å². The number of imidazole rings is 1. The van der Waals surface area contributed by atoms with E-state index in [9.17, 15) is 23.1 Å². The molecule has 4 atom stereocenters. The first-order valence-electron chi connectivity index (χ1n) is 6.83. The van der Waals surface area contributed by atoms with Crippen LogP contribution in [-0.2, 0) is 9.47 Å². The van der Waals surface area contributed by atoms with E-state index in [2.05, 4.69) is 19.7 Å². The Morgan fingerprint density at radius 1 is 1.50 bits per heavy atom. The van der Waals surface area contributed by atoms with Crippen molar-refractivity contribution < 1.29 is 32.9 Å². The number of nitrogens with zero attached hydrogens (tertiary/aromatic N) is 3. The van der Waals surface area contributed by atoms with Crippen LogP contribution in [0.3, 0.4) is 0 Å². The highest BCUT2D eigenvalue weighted by atomic mass is 19.4. The molecule has 1 unspecified atom stereocenters. The van der Waals surface area contributed by atoms with Crippen LogP contribution >= 0.6 is 0 Å². The third kappa shape index (κ3) is 2.88. The van der Waals surface area contributed by atoms with Gasteiger partial charge in [-0.2, -0.15) is 0 Å². The summed E-state index contributed by atoms with van der Waals surface area (Å²) < 4.78 is 48.1. The Kier molecular flexibility index (Phi) is 4.07. The van der Waals surface area contributed by atoms with Gasteiger partial charge < -0.3 is 19.9 Å². The summed E-state index contributed by atoms with van der Waals surface area (Å²) in [6.45, 7) is 0.776. The lowest BCUT2D eigenvalue weighted by molar-refractivity contribution is -0.355. The van der Waals surface area contributed by atoms with Gasteiger partial charge in [-0.25, -0.2) is 9.97 Å². The Morgan fingerprint density at radius 3 is 2.83 bits per heavy atom. The van der Waals surface area contributed by atoms with Crippen LogP contribution in [-0.4, -0.2) is 61.0 Å². The number of fused-ring (bicyclic) bond motifs is 1. The number of aliphatic hydroxyl groups is 2. The molecule has 2 aromatic heterocycles. The minimum atomic E-state index is -5.03.